The Morgan fingerprint density at radius 2 is 1.62 bits per heavy atom. The summed E-state index contributed by atoms with van der Waals surface area (Å²) in [6.45, 7) is 0. The molecule has 0 spiro atoms. The fourth-order valence-corrected chi connectivity index (χ4v) is 2.08. The lowest BCUT2D eigenvalue weighted by atomic mass is 10.1. The van der Waals surface area contributed by atoms with Crippen molar-refractivity contribution in [1.29, 1.82) is 0 Å². The van der Waals surface area contributed by atoms with Crippen molar-refractivity contribution < 1.29 is 24.9 Å². The predicted octanol–water partition coefficient (Wildman–Crippen LogP) is 2.81. The van der Waals surface area contributed by atoms with Crippen LogP contribution in [-0.4, -0.2) is 27.2 Å². The predicted molar refractivity (Wildman–Crippen MR) is 78.8 cm³/mol. The van der Waals surface area contributed by atoms with Crippen LogP contribution < -0.4 is 5.32 Å². The van der Waals surface area contributed by atoms with Crippen molar-refractivity contribution >= 4 is 33.5 Å². The minimum atomic E-state index is -1.19. The lowest BCUT2D eigenvalue weighted by Crippen LogP contribution is -2.14. The summed E-state index contributed by atoms with van der Waals surface area (Å²) < 4.78 is 0.563. The molecule has 0 saturated carbocycles. The van der Waals surface area contributed by atoms with Crippen LogP contribution in [0, 0.1) is 0 Å². The fraction of sp³-hybridized carbons (Fsp3) is 0. The second-order valence-corrected chi connectivity index (χ2v) is 5.10. The Balaban J connectivity index is 2.33. The molecule has 1 amide bonds. The first-order chi connectivity index (χ1) is 9.86. The van der Waals surface area contributed by atoms with Gasteiger partial charge in [0.2, 0.25) is 0 Å². The van der Waals surface area contributed by atoms with Gasteiger partial charge >= 0.3 is 5.97 Å². The van der Waals surface area contributed by atoms with Crippen LogP contribution in [0.3, 0.4) is 0 Å². The molecule has 0 radical (unpaired) electrons. The number of phenols is 2. The van der Waals surface area contributed by atoms with E-state index in [4.69, 9.17) is 5.11 Å². The summed E-state index contributed by atoms with van der Waals surface area (Å²) in [7, 11) is 0. The summed E-state index contributed by atoms with van der Waals surface area (Å²) in [6.07, 6.45) is 0. The number of carboxylic acids is 1. The third-order valence-electron chi connectivity index (χ3n) is 2.62. The van der Waals surface area contributed by atoms with Crippen LogP contribution in [-0.2, 0) is 0 Å². The molecule has 0 heterocycles. The smallest absolute Gasteiger partial charge is 0.337 e. The van der Waals surface area contributed by atoms with Gasteiger partial charge in [0.15, 0.2) is 0 Å². The summed E-state index contributed by atoms with van der Waals surface area (Å²) >= 11 is 3.15. The zero-order valence-electron chi connectivity index (χ0n) is 10.5. The van der Waals surface area contributed by atoms with Crippen LogP contribution in [0.1, 0.15) is 20.7 Å². The molecule has 2 rings (SSSR count). The van der Waals surface area contributed by atoms with Crippen molar-refractivity contribution in [1.82, 2.24) is 0 Å². The van der Waals surface area contributed by atoms with Crippen molar-refractivity contribution in [2.75, 3.05) is 5.32 Å². The van der Waals surface area contributed by atoms with Crippen molar-refractivity contribution in [2.45, 2.75) is 0 Å². The van der Waals surface area contributed by atoms with E-state index in [1.54, 1.807) is 6.07 Å². The molecule has 4 N–H and O–H groups in total. The first-order valence-corrected chi connectivity index (χ1v) is 6.53. The third-order valence-corrected chi connectivity index (χ3v) is 3.12. The lowest BCUT2D eigenvalue weighted by Gasteiger charge is -2.09. The molecule has 21 heavy (non-hydrogen) atoms. The SMILES string of the molecule is O=C(Nc1ccc(Br)cc1C(=O)O)c1cc(O)cc(O)c1. The highest BCUT2D eigenvalue weighted by atomic mass is 79.9. The maximum atomic E-state index is 12.0. The monoisotopic (exact) mass is 351 g/mol. The van der Waals surface area contributed by atoms with Crippen molar-refractivity contribution in [2.24, 2.45) is 0 Å². The Labute approximate surface area is 127 Å². The van der Waals surface area contributed by atoms with Gasteiger partial charge in [0, 0.05) is 16.1 Å². The largest absolute Gasteiger partial charge is 0.508 e. The average Bonchev–Trinajstić information content (AvgIpc) is 2.39. The van der Waals surface area contributed by atoms with Gasteiger partial charge in [-0.3, -0.25) is 4.79 Å². The number of hydrogen-bond acceptors (Lipinski definition) is 4. The molecule has 6 nitrogen and oxygen atoms in total. The standard InChI is InChI=1S/C14H10BrNO5/c15-8-1-2-12(11(5-8)14(20)21)16-13(19)7-3-9(17)6-10(18)4-7/h1-6,17-18H,(H,16,19)(H,20,21). The van der Waals surface area contributed by atoms with E-state index in [1.165, 1.54) is 12.1 Å². The third kappa shape index (κ3) is 3.51. The van der Waals surface area contributed by atoms with E-state index >= 15 is 0 Å². The lowest BCUT2D eigenvalue weighted by molar-refractivity contribution is 0.0698. The highest BCUT2D eigenvalue weighted by Crippen LogP contribution is 2.24. The number of phenolic OH excluding ortho intramolecular Hbond substituents is 2. The number of amides is 1. The van der Waals surface area contributed by atoms with E-state index < -0.39 is 11.9 Å². The minimum Gasteiger partial charge on any atom is -0.508 e. The molecule has 0 unspecified atom stereocenters. The summed E-state index contributed by atoms with van der Waals surface area (Å²) in [6, 6.07) is 7.79. The van der Waals surface area contributed by atoms with E-state index in [9.17, 15) is 19.8 Å². The minimum absolute atomic E-state index is 0.00626. The number of benzene rings is 2. The number of anilines is 1. The van der Waals surface area contributed by atoms with E-state index in [0.717, 1.165) is 18.2 Å². The molecule has 0 saturated heterocycles. The van der Waals surface area contributed by atoms with Crippen LogP contribution in [0.15, 0.2) is 40.9 Å². The molecule has 2 aromatic carbocycles. The fourth-order valence-electron chi connectivity index (χ4n) is 1.72. The Hall–Kier alpha value is -2.54. The normalized spacial score (nSPS) is 10.1. The highest BCUT2D eigenvalue weighted by molar-refractivity contribution is 9.10. The van der Waals surface area contributed by atoms with Gasteiger partial charge < -0.3 is 20.6 Å². The zero-order chi connectivity index (χ0) is 15.6. The van der Waals surface area contributed by atoms with Crippen molar-refractivity contribution in [3.63, 3.8) is 0 Å². The van der Waals surface area contributed by atoms with Crippen LogP contribution >= 0.6 is 15.9 Å². The Bertz CT molecular complexity index is 709. The number of carboxylic acid groups (broad SMARTS) is 1. The number of nitrogens with one attached hydrogen (secondary N) is 1. The zero-order valence-corrected chi connectivity index (χ0v) is 12.1. The molecular weight excluding hydrogens is 342 g/mol. The van der Waals surface area contributed by atoms with Gasteiger partial charge in [-0.2, -0.15) is 0 Å². The molecular formula is C14H10BrNO5. The summed E-state index contributed by atoms with van der Waals surface area (Å²) in [5.74, 6) is -2.37. The molecule has 0 fully saturated rings. The molecule has 0 aromatic heterocycles. The number of aromatic carboxylic acids is 1. The Morgan fingerprint density at radius 3 is 2.19 bits per heavy atom. The maximum Gasteiger partial charge on any atom is 0.337 e. The second kappa shape index (κ2) is 5.84. The summed E-state index contributed by atoms with van der Waals surface area (Å²) in [5.41, 5.74) is 0.0346. The average molecular weight is 352 g/mol. The van der Waals surface area contributed by atoms with E-state index in [-0.39, 0.29) is 28.3 Å². The maximum absolute atomic E-state index is 12.0. The Morgan fingerprint density at radius 1 is 1.00 bits per heavy atom. The van der Waals surface area contributed by atoms with Crippen LogP contribution in [0.4, 0.5) is 5.69 Å². The number of aromatic hydroxyl groups is 2. The number of hydrogen-bond donors (Lipinski definition) is 4. The number of carbonyl (C=O) groups is 2. The molecule has 2 aromatic rings. The highest BCUT2D eigenvalue weighted by Gasteiger charge is 2.15. The second-order valence-electron chi connectivity index (χ2n) is 4.19. The molecule has 0 aliphatic heterocycles. The summed E-state index contributed by atoms with van der Waals surface area (Å²) in [5, 5.41) is 30.2. The van der Waals surface area contributed by atoms with Gasteiger partial charge in [-0.25, -0.2) is 4.79 Å². The van der Waals surface area contributed by atoms with Crippen LogP contribution in [0.2, 0.25) is 0 Å². The van der Waals surface area contributed by atoms with Gasteiger partial charge in [-0.05, 0) is 30.3 Å². The van der Waals surface area contributed by atoms with Crippen LogP contribution in [0.25, 0.3) is 0 Å². The van der Waals surface area contributed by atoms with Gasteiger partial charge in [-0.1, -0.05) is 15.9 Å². The van der Waals surface area contributed by atoms with Crippen molar-refractivity contribution in [3.05, 3.63) is 52.0 Å². The molecule has 0 bridgehead atoms. The number of rotatable bonds is 3. The quantitative estimate of drug-likeness (QED) is 0.680. The summed E-state index contributed by atoms with van der Waals surface area (Å²) in [4.78, 5) is 23.2. The van der Waals surface area contributed by atoms with Gasteiger partial charge in [0.1, 0.15) is 11.5 Å². The topological polar surface area (TPSA) is 107 Å². The molecule has 0 aliphatic carbocycles. The molecule has 7 heteroatoms. The molecule has 108 valence electrons. The first kappa shape index (κ1) is 14.9. The Kier molecular flexibility index (Phi) is 4.13. The van der Waals surface area contributed by atoms with Gasteiger partial charge in [0.05, 0.1) is 11.3 Å². The van der Waals surface area contributed by atoms with E-state index in [0.29, 0.717) is 4.47 Å². The number of halogens is 1. The van der Waals surface area contributed by atoms with Crippen LogP contribution in [0.5, 0.6) is 11.5 Å². The first-order valence-electron chi connectivity index (χ1n) is 5.74. The van der Waals surface area contributed by atoms with Gasteiger partial charge in [0.25, 0.3) is 5.91 Å². The van der Waals surface area contributed by atoms with Gasteiger partial charge in [-0.15, -0.1) is 0 Å². The molecule has 0 atom stereocenters. The van der Waals surface area contributed by atoms with E-state index in [2.05, 4.69) is 21.2 Å². The van der Waals surface area contributed by atoms with Crippen molar-refractivity contribution in [3.8, 4) is 11.5 Å². The molecule has 0 aliphatic rings. The van der Waals surface area contributed by atoms with E-state index in [1.807, 2.05) is 0 Å². The number of carbonyl (C=O) groups excluding carboxylic acids is 1.